The van der Waals surface area contributed by atoms with Gasteiger partial charge in [0.15, 0.2) is 0 Å². The summed E-state index contributed by atoms with van der Waals surface area (Å²) in [5, 5.41) is 15.0. The van der Waals surface area contributed by atoms with Gasteiger partial charge in [-0.15, -0.1) is 0 Å². The Bertz CT molecular complexity index is 3980. The van der Waals surface area contributed by atoms with Crippen LogP contribution in [0.4, 0.5) is 0 Å². The predicted molar refractivity (Wildman–Crippen MR) is 284 cm³/mol. The minimum Gasteiger partial charge on any atom is -0.0616 e. The van der Waals surface area contributed by atoms with Gasteiger partial charge in [-0.05, 0) is 150 Å². The summed E-state index contributed by atoms with van der Waals surface area (Å²) in [5.41, 5.74) is 14.8. The summed E-state index contributed by atoms with van der Waals surface area (Å²) >= 11 is 0. The van der Waals surface area contributed by atoms with Crippen molar-refractivity contribution in [2.45, 2.75) is 0 Å². The van der Waals surface area contributed by atoms with Crippen LogP contribution in [0.15, 0.2) is 255 Å². The van der Waals surface area contributed by atoms with E-state index in [1.165, 1.54) is 131 Å². The fraction of sp³-hybridized carbons (Fsp3) is 0. The zero-order valence-corrected chi connectivity index (χ0v) is 36.2. The topological polar surface area (TPSA) is 0 Å². The molecule has 13 aromatic rings. The van der Waals surface area contributed by atoms with Crippen molar-refractivity contribution in [2.24, 2.45) is 0 Å². The quantitative estimate of drug-likeness (QED) is 0.146. The van der Waals surface area contributed by atoms with E-state index in [4.69, 9.17) is 0 Å². The van der Waals surface area contributed by atoms with Gasteiger partial charge in [-0.2, -0.15) is 0 Å². The van der Waals surface area contributed by atoms with Crippen LogP contribution in [0.25, 0.3) is 131 Å². The lowest BCUT2D eigenvalue weighted by atomic mass is 9.84. The highest BCUT2D eigenvalue weighted by Crippen LogP contribution is 2.47. The van der Waals surface area contributed by atoms with Crippen LogP contribution in [0, 0.1) is 0 Å². The normalized spacial score (nSPS) is 11.6. The maximum Gasteiger partial charge on any atom is -0.00262 e. The summed E-state index contributed by atoms with van der Waals surface area (Å²) in [6, 6.07) is 94.3. The number of hydrogen-bond acceptors (Lipinski definition) is 0. The first-order valence-electron chi connectivity index (χ1n) is 22.9. The van der Waals surface area contributed by atoms with Crippen LogP contribution >= 0.6 is 0 Å². The van der Waals surface area contributed by atoms with Gasteiger partial charge in [0.2, 0.25) is 0 Å². The predicted octanol–water partition coefficient (Wildman–Crippen LogP) is 18.6. The van der Waals surface area contributed by atoms with Gasteiger partial charge in [0.1, 0.15) is 0 Å². The third-order valence-corrected chi connectivity index (χ3v) is 13.8. The van der Waals surface area contributed by atoms with Crippen LogP contribution in [-0.2, 0) is 0 Å². The van der Waals surface area contributed by atoms with Gasteiger partial charge < -0.3 is 0 Å². The van der Waals surface area contributed by atoms with E-state index in [0.717, 1.165) is 0 Å². The second-order valence-electron chi connectivity index (χ2n) is 17.5. The monoisotopic (exact) mass is 834 g/mol. The highest BCUT2D eigenvalue weighted by atomic mass is 14.2. The zero-order chi connectivity index (χ0) is 43.6. The standard InChI is InChI=1S/C66H42/c1-3-18-49-40-52(34-28-43(49)14-1)58-39-37-45-16-5-7-22-55(45)63(58)47-30-32-48(33-31-47)64-59-24-9-11-26-61(59)66(62-27-12-10-25-60(62)64)53-21-13-20-51(42-53)57-38-36-46-17-6-8-23-56(46)65(57)54-35-29-44-15-2-4-19-50(44)41-54/h1-42H. The molecule has 0 N–H and O–H groups in total. The van der Waals surface area contributed by atoms with Crippen molar-refractivity contribution in [1.29, 1.82) is 0 Å². The Morgan fingerprint density at radius 1 is 0.152 bits per heavy atom. The Balaban J connectivity index is 0.966. The Kier molecular flexibility index (Phi) is 8.96. The van der Waals surface area contributed by atoms with E-state index in [1.54, 1.807) is 0 Å². The second-order valence-corrected chi connectivity index (χ2v) is 17.5. The van der Waals surface area contributed by atoms with Crippen LogP contribution in [0.2, 0.25) is 0 Å². The van der Waals surface area contributed by atoms with Crippen LogP contribution in [-0.4, -0.2) is 0 Å². The molecule has 0 fully saturated rings. The van der Waals surface area contributed by atoms with Crippen molar-refractivity contribution in [3.05, 3.63) is 255 Å². The average Bonchev–Trinajstić information content (AvgIpc) is 3.39. The molecule has 66 heavy (non-hydrogen) atoms. The van der Waals surface area contributed by atoms with Gasteiger partial charge >= 0.3 is 0 Å². The third kappa shape index (κ3) is 6.30. The van der Waals surface area contributed by atoms with Gasteiger partial charge in [0.05, 0.1) is 0 Å². The van der Waals surface area contributed by atoms with E-state index in [9.17, 15) is 0 Å². The lowest BCUT2D eigenvalue weighted by Gasteiger charge is -2.19. The molecular formula is C66H42. The average molecular weight is 835 g/mol. The molecule has 13 rings (SSSR count). The van der Waals surface area contributed by atoms with Crippen LogP contribution in [0.1, 0.15) is 0 Å². The Morgan fingerprint density at radius 2 is 0.470 bits per heavy atom. The van der Waals surface area contributed by atoms with Crippen molar-refractivity contribution in [3.63, 3.8) is 0 Å². The molecule has 0 amide bonds. The molecule has 0 heterocycles. The first kappa shape index (κ1) is 37.9. The van der Waals surface area contributed by atoms with E-state index in [-0.39, 0.29) is 0 Å². The molecule has 0 aliphatic rings. The first-order chi connectivity index (χ1) is 32.7. The second kappa shape index (κ2) is 15.6. The minimum atomic E-state index is 1.20. The maximum atomic E-state index is 2.41. The smallest absolute Gasteiger partial charge is 0.00262 e. The highest BCUT2D eigenvalue weighted by Gasteiger charge is 2.20. The lowest BCUT2D eigenvalue weighted by molar-refractivity contribution is 1.60. The van der Waals surface area contributed by atoms with Gasteiger partial charge in [-0.3, -0.25) is 0 Å². The summed E-state index contributed by atoms with van der Waals surface area (Å²) in [4.78, 5) is 0. The molecule has 13 aromatic carbocycles. The summed E-state index contributed by atoms with van der Waals surface area (Å²) in [5.74, 6) is 0. The Morgan fingerprint density at radius 3 is 1.00 bits per heavy atom. The van der Waals surface area contributed by atoms with Crippen molar-refractivity contribution >= 4 is 64.6 Å². The van der Waals surface area contributed by atoms with Gasteiger partial charge in [-0.1, -0.05) is 237 Å². The summed E-state index contributed by atoms with van der Waals surface area (Å²) in [6.07, 6.45) is 0. The molecule has 0 nitrogen and oxygen atoms in total. The molecule has 0 saturated carbocycles. The lowest BCUT2D eigenvalue weighted by Crippen LogP contribution is -1.92. The molecule has 0 aromatic heterocycles. The first-order valence-corrected chi connectivity index (χ1v) is 22.9. The largest absolute Gasteiger partial charge is 0.0616 e. The molecule has 0 bridgehead atoms. The molecule has 0 unspecified atom stereocenters. The van der Waals surface area contributed by atoms with Crippen molar-refractivity contribution in [1.82, 2.24) is 0 Å². The molecule has 306 valence electrons. The minimum absolute atomic E-state index is 1.20. The number of benzene rings is 13. The van der Waals surface area contributed by atoms with E-state index >= 15 is 0 Å². The number of hydrogen-bond donors (Lipinski definition) is 0. The summed E-state index contributed by atoms with van der Waals surface area (Å²) < 4.78 is 0. The van der Waals surface area contributed by atoms with Crippen LogP contribution in [0.5, 0.6) is 0 Å². The third-order valence-electron chi connectivity index (χ3n) is 13.8. The SMILES string of the molecule is c1cc(-c2ccc3ccccc3c2-c2ccc3ccccc3c2)cc(-c2c3ccccc3c(-c3ccc(-c4c(-c5ccc6ccccc6c5)ccc5ccccc45)cc3)c3ccccc23)c1. The molecule has 0 radical (unpaired) electrons. The summed E-state index contributed by atoms with van der Waals surface area (Å²) in [7, 11) is 0. The highest BCUT2D eigenvalue weighted by molar-refractivity contribution is 6.22. The molecule has 0 atom stereocenters. The fourth-order valence-corrected chi connectivity index (χ4v) is 10.7. The van der Waals surface area contributed by atoms with E-state index < -0.39 is 0 Å². The van der Waals surface area contributed by atoms with E-state index in [1.807, 2.05) is 0 Å². The number of fused-ring (bicyclic) bond motifs is 6. The van der Waals surface area contributed by atoms with Gasteiger partial charge in [0, 0.05) is 0 Å². The zero-order valence-electron chi connectivity index (χ0n) is 36.2. The van der Waals surface area contributed by atoms with Crippen molar-refractivity contribution < 1.29 is 0 Å². The molecule has 0 aliphatic carbocycles. The van der Waals surface area contributed by atoms with Gasteiger partial charge in [0.25, 0.3) is 0 Å². The van der Waals surface area contributed by atoms with Gasteiger partial charge in [-0.25, -0.2) is 0 Å². The van der Waals surface area contributed by atoms with E-state index in [0.29, 0.717) is 0 Å². The van der Waals surface area contributed by atoms with Crippen LogP contribution < -0.4 is 0 Å². The molecular weight excluding hydrogens is 793 g/mol. The Labute approximate surface area is 384 Å². The fourth-order valence-electron chi connectivity index (χ4n) is 10.7. The van der Waals surface area contributed by atoms with Crippen molar-refractivity contribution in [3.8, 4) is 66.8 Å². The molecule has 0 aliphatic heterocycles. The molecule has 0 heteroatoms. The van der Waals surface area contributed by atoms with Crippen LogP contribution in [0.3, 0.4) is 0 Å². The molecule has 0 spiro atoms. The van der Waals surface area contributed by atoms with Crippen molar-refractivity contribution in [2.75, 3.05) is 0 Å². The Hall–Kier alpha value is -8.58. The maximum absolute atomic E-state index is 2.41. The summed E-state index contributed by atoms with van der Waals surface area (Å²) in [6.45, 7) is 0. The molecule has 0 saturated heterocycles. The van der Waals surface area contributed by atoms with E-state index in [2.05, 4.69) is 255 Å². The number of rotatable bonds is 6.